The molecule has 0 radical (unpaired) electrons. The number of halogens is 1. The number of ether oxygens (including phenoxy) is 1. The van der Waals surface area contributed by atoms with E-state index in [9.17, 15) is 13.2 Å². The quantitative estimate of drug-likeness (QED) is 0.743. The molecule has 1 aromatic rings. The van der Waals surface area contributed by atoms with Crippen LogP contribution in [-0.4, -0.2) is 62.4 Å². The second-order valence-electron chi connectivity index (χ2n) is 7.16. The Labute approximate surface area is 166 Å². The van der Waals surface area contributed by atoms with Crippen LogP contribution in [0.2, 0.25) is 5.02 Å². The Morgan fingerprint density at radius 3 is 2.56 bits per heavy atom. The summed E-state index contributed by atoms with van der Waals surface area (Å²) in [6.45, 7) is 4.61. The van der Waals surface area contributed by atoms with Crippen molar-refractivity contribution in [1.82, 2.24) is 9.21 Å². The van der Waals surface area contributed by atoms with Crippen molar-refractivity contribution in [2.24, 2.45) is 5.92 Å². The predicted octanol–water partition coefficient (Wildman–Crippen LogP) is 2.77. The van der Waals surface area contributed by atoms with Gasteiger partial charge in [-0.15, -0.1) is 0 Å². The summed E-state index contributed by atoms with van der Waals surface area (Å²) in [5, 5.41) is 0.495. The molecule has 0 N–H and O–H groups in total. The molecule has 2 unspecified atom stereocenters. The summed E-state index contributed by atoms with van der Waals surface area (Å²) in [6.07, 6.45) is 3.40. The first-order valence-electron chi connectivity index (χ1n) is 9.58. The van der Waals surface area contributed by atoms with Crippen molar-refractivity contribution < 1.29 is 17.9 Å². The van der Waals surface area contributed by atoms with Crippen molar-refractivity contribution in [2.75, 3.05) is 32.8 Å². The van der Waals surface area contributed by atoms with Crippen LogP contribution in [0.1, 0.15) is 32.6 Å². The van der Waals surface area contributed by atoms with Crippen LogP contribution in [0.4, 0.5) is 0 Å². The summed E-state index contributed by atoms with van der Waals surface area (Å²) in [6, 6.07) is 6.17. The minimum Gasteiger partial charge on any atom is -0.377 e. The minimum atomic E-state index is -3.62. The number of carbonyl (C=O) groups excluding carboxylic acids is 1. The van der Waals surface area contributed by atoms with Gasteiger partial charge in [0.15, 0.2) is 0 Å². The fourth-order valence-electron chi connectivity index (χ4n) is 3.89. The molecule has 0 saturated carbocycles. The van der Waals surface area contributed by atoms with E-state index in [4.69, 9.17) is 16.3 Å². The van der Waals surface area contributed by atoms with Crippen LogP contribution in [0.15, 0.2) is 29.2 Å². The third-order valence-corrected chi connectivity index (χ3v) is 7.41. The number of hydrogen-bond acceptors (Lipinski definition) is 4. The molecule has 6 nitrogen and oxygen atoms in total. The molecule has 2 saturated heterocycles. The Bertz CT molecular complexity index is 751. The largest absolute Gasteiger partial charge is 0.377 e. The Kier molecular flexibility index (Phi) is 6.78. The van der Waals surface area contributed by atoms with E-state index in [0.717, 1.165) is 25.8 Å². The third kappa shape index (κ3) is 4.83. The maximum absolute atomic E-state index is 13.0. The molecule has 150 valence electrons. The van der Waals surface area contributed by atoms with Crippen molar-refractivity contribution in [1.29, 1.82) is 0 Å². The molecule has 3 rings (SSSR count). The topological polar surface area (TPSA) is 66.9 Å². The third-order valence-electron chi connectivity index (χ3n) is 5.28. The van der Waals surface area contributed by atoms with Gasteiger partial charge in [0.25, 0.3) is 0 Å². The van der Waals surface area contributed by atoms with Crippen molar-refractivity contribution >= 4 is 27.5 Å². The zero-order valence-corrected chi connectivity index (χ0v) is 17.2. The first-order chi connectivity index (χ1) is 12.9. The van der Waals surface area contributed by atoms with Crippen LogP contribution in [0.25, 0.3) is 0 Å². The van der Waals surface area contributed by atoms with Gasteiger partial charge in [0, 0.05) is 37.8 Å². The van der Waals surface area contributed by atoms with Gasteiger partial charge < -0.3 is 9.64 Å². The highest BCUT2D eigenvalue weighted by Crippen LogP contribution is 2.27. The van der Waals surface area contributed by atoms with Gasteiger partial charge in [0.2, 0.25) is 15.9 Å². The van der Waals surface area contributed by atoms with Crippen LogP contribution in [-0.2, 0) is 19.6 Å². The van der Waals surface area contributed by atoms with E-state index in [1.54, 1.807) is 12.1 Å². The molecule has 1 aromatic carbocycles. The Morgan fingerprint density at radius 2 is 1.85 bits per heavy atom. The molecule has 0 spiro atoms. The second-order valence-corrected chi connectivity index (χ2v) is 9.53. The number of rotatable bonds is 5. The van der Waals surface area contributed by atoms with Gasteiger partial charge in [0.1, 0.15) is 0 Å². The number of sulfonamides is 1. The molecule has 1 amide bonds. The van der Waals surface area contributed by atoms with E-state index in [-0.39, 0.29) is 29.4 Å². The molecule has 2 heterocycles. The van der Waals surface area contributed by atoms with Crippen molar-refractivity contribution in [3.8, 4) is 0 Å². The number of carbonyl (C=O) groups is 1. The summed E-state index contributed by atoms with van der Waals surface area (Å²) >= 11 is 5.86. The first-order valence-corrected chi connectivity index (χ1v) is 11.4. The van der Waals surface area contributed by atoms with Gasteiger partial charge in [0.05, 0.1) is 16.9 Å². The first kappa shape index (κ1) is 20.6. The van der Waals surface area contributed by atoms with Crippen LogP contribution in [0.5, 0.6) is 0 Å². The minimum absolute atomic E-state index is 0.0513. The van der Waals surface area contributed by atoms with E-state index in [0.29, 0.717) is 31.1 Å². The standard InChI is InChI=1S/C19H27ClN2O4S/c1-2-26-17-6-4-11-21(14-17)19(23)15-5-3-12-22(13-15)27(24,25)18-9-7-16(20)8-10-18/h7-10,15,17H,2-6,11-14H2,1H3. The Morgan fingerprint density at radius 1 is 1.15 bits per heavy atom. The van der Waals surface area contributed by atoms with Gasteiger partial charge in [-0.25, -0.2) is 8.42 Å². The van der Waals surface area contributed by atoms with Crippen LogP contribution < -0.4 is 0 Å². The van der Waals surface area contributed by atoms with E-state index in [2.05, 4.69) is 0 Å². The highest BCUT2D eigenvalue weighted by atomic mass is 35.5. The summed E-state index contributed by atoms with van der Waals surface area (Å²) in [5.74, 6) is -0.239. The SMILES string of the molecule is CCOC1CCCN(C(=O)C2CCCN(S(=O)(=O)c3ccc(Cl)cc3)C2)C1. The van der Waals surface area contributed by atoms with Crippen LogP contribution >= 0.6 is 11.6 Å². The molecule has 0 aliphatic carbocycles. The average Bonchev–Trinajstić information content (AvgIpc) is 2.68. The predicted molar refractivity (Wildman–Crippen MR) is 104 cm³/mol. The number of likely N-dealkylation sites (tertiary alicyclic amines) is 1. The van der Waals surface area contributed by atoms with Crippen molar-refractivity contribution in [3.05, 3.63) is 29.3 Å². The lowest BCUT2D eigenvalue weighted by atomic mass is 9.96. The zero-order chi connectivity index (χ0) is 19.4. The fraction of sp³-hybridized carbons (Fsp3) is 0.632. The smallest absolute Gasteiger partial charge is 0.243 e. The van der Waals surface area contributed by atoms with Gasteiger partial charge >= 0.3 is 0 Å². The monoisotopic (exact) mass is 414 g/mol. The number of hydrogen-bond donors (Lipinski definition) is 0. The number of benzene rings is 1. The van der Waals surface area contributed by atoms with E-state index in [1.165, 1.54) is 16.4 Å². The molecule has 2 aliphatic heterocycles. The lowest BCUT2D eigenvalue weighted by Gasteiger charge is -2.37. The fourth-order valence-corrected chi connectivity index (χ4v) is 5.54. The molecular weight excluding hydrogens is 388 g/mol. The molecule has 2 aliphatic rings. The van der Waals surface area contributed by atoms with Crippen LogP contribution in [0, 0.1) is 5.92 Å². The molecular formula is C19H27ClN2O4S. The van der Waals surface area contributed by atoms with Gasteiger partial charge in [-0.05, 0) is 56.9 Å². The average molecular weight is 415 g/mol. The summed E-state index contributed by atoms with van der Waals surface area (Å²) in [4.78, 5) is 15.1. The molecule has 0 aromatic heterocycles. The molecule has 2 fully saturated rings. The second kappa shape index (κ2) is 8.90. The number of nitrogens with zero attached hydrogens (tertiary/aromatic N) is 2. The van der Waals surface area contributed by atoms with Crippen molar-refractivity contribution in [3.63, 3.8) is 0 Å². The molecule has 8 heteroatoms. The lowest BCUT2D eigenvalue weighted by Crippen LogP contribution is -2.50. The molecule has 0 bridgehead atoms. The van der Waals surface area contributed by atoms with Gasteiger partial charge in [-0.3, -0.25) is 4.79 Å². The van der Waals surface area contributed by atoms with Crippen molar-refractivity contribution in [2.45, 2.75) is 43.6 Å². The molecule has 27 heavy (non-hydrogen) atoms. The van der Waals surface area contributed by atoms with E-state index >= 15 is 0 Å². The highest BCUT2D eigenvalue weighted by molar-refractivity contribution is 7.89. The van der Waals surface area contributed by atoms with Crippen LogP contribution in [0.3, 0.4) is 0 Å². The van der Waals surface area contributed by atoms with Gasteiger partial charge in [-0.2, -0.15) is 4.31 Å². The maximum Gasteiger partial charge on any atom is 0.243 e. The maximum atomic E-state index is 13.0. The van der Waals surface area contributed by atoms with E-state index < -0.39 is 10.0 Å². The highest BCUT2D eigenvalue weighted by Gasteiger charge is 2.36. The van der Waals surface area contributed by atoms with E-state index in [1.807, 2.05) is 11.8 Å². The Balaban J connectivity index is 1.68. The normalized spacial score (nSPS) is 24.7. The Hall–Kier alpha value is -1.15. The number of piperidine rings is 2. The molecule has 2 atom stereocenters. The lowest BCUT2D eigenvalue weighted by molar-refractivity contribution is -0.140. The zero-order valence-electron chi connectivity index (χ0n) is 15.6. The number of amides is 1. The summed E-state index contributed by atoms with van der Waals surface area (Å²) in [5.41, 5.74) is 0. The summed E-state index contributed by atoms with van der Waals surface area (Å²) in [7, 11) is -3.62. The summed E-state index contributed by atoms with van der Waals surface area (Å²) < 4.78 is 33.0. The van der Waals surface area contributed by atoms with Gasteiger partial charge in [-0.1, -0.05) is 11.6 Å².